The van der Waals surface area contributed by atoms with Gasteiger partial charge in [0.05, 0.1) is 6.61 Å². The second-order valence-electron chi connectivity index (χ2n) is 2.61. The molecule has 0 atom stereocenters. The molecular weight excluding hydrogens is 184 g/mol. The Bertz CT molecular complexity index is 316. The molecule has 0 spiro atoms. The van der Waals surface area contributed by atoms with Gasteiger partial charge in [-0.1, -0.05) is 0 Å². The Balaban J connectivity index is 3.01. The van der Waals surface area contributed by atoms with Gasteiger partial charge in [0.1, 0.15) is 12.3 Å². The summed E-state index contributed by atoms with van der Waals surface area (Å²) in [5.74, 6) is 0.991. The van der Waals surface area contributed by atoms with E-state index < -0.39 is 0 Å². The number of hydrogen-bond acceptors (Lipinski definition) is 6. The lowest BCUT2D eigenvalue weighted by Crippen LogP contribution is -2.08. The number of nitrogen functional groups attached to an aromatic ring is 2. The summed E-state index contributed by atoms with van der Waals surface area (Å²) in [7, 11) is 1.55. The van der Waals surface area contributed by atoms with E-state index in [0.717, 1.165) is 0 Å². The van der Waals surface area contributed by atoms with Crippen molar-refractivity contribution in [3.8, 4) is 5.88 Å². The Morgan fingerprint density at radius 3 is 2.57 bits per heavy atom. The quantitative estimate of drug-likeness (QED) is 0.716. The van der Waals surface area contributed by atoms with Crippen LogP contribution >= 0.6 is 0 Å². The predicted molar refractivity (Wildman–Crippen MR) is 52.7 cm³/mol. The van der Waals surface area contributed by atoms with Gasteiger partial charge in [0.2, 0.25) is 5.88 Å². The van der Waals surface area contributed by atoms with Crippen LogP contribution in [0, 0.1) is 0 Å². The minimum Gasteiger partial charge on any atom is -0.476 e. The second-order valence-corrected chi connectivity index (χ2v) is 2.61. The Morgan fingerprint density at radius 2 is 2.00 bits per heavy atom. The van der Waals surface area contributed by atoms with Gasteiger partial charge < -0.3 is 20.9 Å². The normalized spacial score (nSPS) is 10.1. The van der Waals surface area contributed by atoms with E-state index in [9.17, 15) is 0 Å². The summed E-state index contributed by atoms with van der Waals surface area (Å²) in [5.41, 5.74) is 11.5. The summed E-state index contributed by atoms with van der Waals surface area (Å²) in [6, 6.07) is 0. The second kappa shape index (κ2) is 4.61. The highest BCUT2D eigenvalue weighted by Gasteiger charge is 2.09. The van der Waals surface area contributed by atoms with Crippen molar-refractivity contribution in [2.24, 2.45) is 0 Å². The Labute approximate surface area is 82.2 Å². The largest absolute Gasteiger partial charge is 0.476 e. The number of nitrogens with two attached hydrogens (primary N) is 2. The van der Waals surface area contributed by atoms with Gasteiger partial charge in [-0.05, 0) is 6.92 Å². The van der Waals surface area contributed by atoms with E-state index in [1.807, 2.05) is 6.92 Å². The summed E-state index contributed by atoms with van der Waals surface area (Å²) < 4.78 is 10.1. The fourth-order valence-corrected chi connectivity index (χ4v) is 0.952. The van der Waals surface area contributed by atoms with Crippen LogP contribution < -0.4 is 16.2 Å². The van der Waals surface area contributed by atoms with E-state index in [0.29, 0.717) is 18.3 Å². The third-order valence-electron chi connectivity index (χ3n) is 1.54. The van der Waals surface area contributed by atoms with Crippen molar-refractivity contribution in [1.82, 2.24) is 9.97 Å². The first-order valence-corrected chi connectivity index (χ1v) is 4.22. The SMILES string of the molecule is CCOc1nc(COC)nc(N)c1N. The summed E-state index contributed by atoms with van der Waals surface area (Å²) in [6.07, 6.45) is 0. The number of nitrogens with zero attached hydrogens (tertiary/aromatic N) is 2. The third kappa shape index (κ3) is 2.23. The van der Waals surface area contributed by atoms with Crippen molar-refractivity contribution >= 4 is 11.5 Å². The molecule has 0 aliphatic rings. The molecule has 0 aliphatic heterocycles. The molecule has 4 N–H and O–H groups in total. The van der Waals surface area contributed by atoms with Gasteiger partial charge in [-0.2, -0.15) is 4.98 Å². The van der Waals surface area contributed by atoms with Crippen LogP contribution in [0.1, 0.15) is 12.7 Å². The highest BCUT2D eigenvalue weighted by atomic mass is 16.5. The first kappa shape index (κ1) is 10.5. The molecule has 0 amide bonds. The maximum Gasteiger partial charge on any atom is 0.242 e. The minimum atomic E-state index is 0.218. The van der Waals surface area contributed by atoms with E-state index >= 15 is 0 Å². The molecule has 0 unspecified atom stereocenters. The number of anilines is 2. The van der Waals surface area contributed by atoms with Crippen molar-refractivity contribution in [1.29, 1.82) is 0 Å². The zero-order valence-electron chi connectivity index (χ0n) is 8.28. The van der Waals surface area contributed by atoms with Gasteiger partial charge in [0.25, 0.3) is 0 Å². The van der Waals surface area contributed by atoms with Crippen LogP contribution in [0.25, 0.3) is 0 Å². The zero-order valence-corrected chi connectivity index (χ0v) is 8.28. The Kier molecular flexibility index (Phi) is 3.47. The van der Waals surface area contributed by atoms with E-state index in [2.05, 4.69) is 9.97 Å². The lowest BCUT2D eigenvalue weighted by Gasteiger charge is -2.08. The summed E-state index contributed by atoms with van der Waals surface area (Å²) in [5, 5.41) is 0. The maximum absolute atomic E-state index is 5.62. The maximum atomic E-state index is 5.62. The highest BCUT2D eigenvalue weighted by molar-refractivity contribution is 5.64. The third-order valence-corrected chi connectivity index (χ3v) is 1.54. The summed E-state index contributed by atoms with van der Waals surface area (Å²) >= 11 is 0. The van der Waals surface area contributed by atoms with E-state index in [1.54, 1.807) is 7.11 Å². The molecule has 6 heteroatoms. The summed E-state index contributed by atoms with van der Waals surface area (Å²) in [6.45, 7) is 2.60. The van der Waals surface area contributed by atoms with Crippen LogP contribution in [0.15, 0.2) is 0 Å². The van der Waals surface area contributed by atoms with Crippen molar-refractivity contribution in [2.75, 3.05) is 25.2 Å². The van der Waals surface area contributed by atoms with Gasteiger partial charge in [-0.3, -0.25) is 0 Å². The molecule has 0 bridgehead atoms. The molecule has 0 aromatic carbocycles. The Hall–Kier alpha value is -1.56. The molecular formula is C8H14N4O2. The molecule has 1 aromatic heterocycles. The lowest BCUT2D eigenvalue weighted by molar-refractivity contribution is 0.176. The predicted octanol–water partition coefficient (Wildman–Crippen LogP) is 0.186. The molecule has 0 aliphatic carbocycles. The molecule has 0 fully saturated rings. The molecule has 6 nitrogen and oxygen atoms in total. The Morgan fingerprint density at radius 1 is 1.29 bits per heavy atom. The molecule has 0 saturated heterocycles. The smallest absolute Gasteiger partial charge is 0.242 e. The standard InChI is InChI=1S/C8H14N4O2/c1-3-14-8-6(9)7(10)11-5(12-8)4-13-2/h3-4,9H2,1-2H3,(H2,10,11,12). The molecule has 78 valence electrons. The van der Waals surface area contributed by atoms with Gasteiger partial charge in [-0.15, -0.1) is 0 Å². The first-order valence-electron chi connectivity index (χ1n) is 4.22. The number of aromatic nitrogens is 2. The topological polar surface area (TPSA) is 96.3 Å². The average Bonchev–Trinajstić information content (AvgIpc) is 2.14. The van der Waals surface area contributed by atoms with Gasteiger partial charge in [0, 0.05) is 7.11 Å². The highest BCUT2D eigenvalue weighted by Crippen LogP contribution is 2.23. The van der Waals surface area contributed by atoms with Crippen LogP contribution in [0.4, 0.5) is 11.5 Å². The molecule has 0 radical (unpaired) electrons. The minimum absolute atomic E-state index is 0.218. The van der Waals surface area contributed by atoms with Crippen LogP contribution in [0.2, 0.25) is 0 Å². The number of methoxy groups -OCH3 is 1. The van der Waals surface area contributed by atoms with Crippen molar-refractivity contribution in [3.63, 3.8) is 0 Å². The number of rotatable bonds is 4. The molecule has 1 rings (SSSR count). The summed E-state index contributed by atoms with van der Waals surface area (Å²) in [4.78, 5) is 7.99. The van der Waals surface area contributed by atoms with E-state index in [4.69, 9.17) is 20.9 Å². The number of ether oxygens (including phenoxy) is 2. The molecule has 1 aromatic rings. The fraction of sp³-hybridized carbons (Fsp3) is 0.500. The van der Waals surface area contributed by atoms with Gasteiger partial charge in [-0.25, -0.2) is 4.98 Å². The first-order chi connectivity index (χ1) is 6.69. The van der Waals surface area contributed by atoms with Crippen LogP contribution in [-0.2, 0) is 11.3 Å². The fourth-order valence-electron chi connectivity index (χ4n) is 0.952. The van der Waals surface area contributed by atoms with Gasteiger partial charge >= 0.3 is 0 Å². The van der Waals surface area contributed by atoms with Crippen LogP contribution in [0.3, 0.4) is 0 Å². The molecule has 0 saturated carbocycles. The van der Waals surface area contributed by atoms with Crippen LogP contribution in [0.5, 0.6) is 5.88 Å². The van der Waals surface area contributed by atoms with Crippen molar-refractivity contribution in [2.45, 2.75) is 13.5 Å². The monoisotopic (exact) mass is 198 g/mol. The number of hydrogen-bond donors (Lipinski definition) is 2. The van der Waals surface area contributed by atoms with Crippen molar-refractivity contribution in [3.05, 3.63) is 5.82 Å². The zero-order chi connectivity index (χ0) is 10.6. The molecule has 14 heavy (non-hydrogen) atoms. The van der Waals surface area contributed by atoms with Crippen LogP contribution in [-0.4, -0.2) is 23.7 Å². The average molecular weight is 198 g/mol. The van der Waals surface area contributed by atoms with E-state index in [1.165, 1.54) is 0 Å². The van der Waals surface area contributed by atoms with E-state index in [-0.39, 0.29) is 18.1 Å². The van der Waals surface area contributed by atoms with Gasteiger partial charge in [0.15, 0.2) is 11.6 Å². The van der Waals surface area contributed by atoms with Crippen molar-refractivity contribution < 1.29 is 9.47 Å². The molecule has 1 heterocycles. The lowest BCUT2D eigenvalue weighted by atomic mass is 10.4.